The molecule has 0 atom stereocenters. The molecule has 1 heterocycles. The van der Waals surface area contributed by atoms with Crippen LogP contribution in [0.3, 0.4) is 0 Å². The number of methoxy groups -OCH3 is 1. The molecule has 0 radical (unpaired) electrons. The third-order valence-corrected chi connectivity index (χ3v) is 3.93. The van der Waals surface area contributed by atoms with Gasteiger partial charge in [-0.1, -0.05) is 13.8 Å². The van der Waals surface area contributed by atoms with Crippen LogP contribution in [0.15, 0.2) is 34.9 Å². The minimum Gasteiger partial charge on any atom is -0.497 e. The van der Waals surface area contributed by atoms with Crippen molar-refractivity contribution in [2.24, 2.45) is 5.92 Å². The number of hydrogen-bond acceptors (Lipinski definition) is 4. The Balaban J connectivity index is 1.88. The molecule has 5 heteroatoms. The summed E-state index contributed by atoms with van der Waals surface area (Å²) in [5, 5.41) is 2.96. The van der Waals surface area contributed by atoms with E-state index in [9.17, 15) is 4.79 Å². The van der Waals surface area contributed by atoms with Crippen molar-refractivity contribution in [1.82, 2.24) is 10.3 Å². The molecule has 1 amide bonds. The summed E-state index contributed by atoms with van der Waals surface area (Å²) in [5.74, 6) is 1.59. The van der Waals surface area contributed by atoms with Crippen molar-refractivity contribution in [2.45, 2.75) is 33.1 Å². The van der Waals surface area contributed by atoms with Gasteiger partial charge in [0.2, 0.25) is 11.8 Å². The molecular weight excluding hydrogens is 292 g/mol. The lowest BCUT2D eigenvalue weighted by atomic mass is 10.0. The van der Waals surface area contributed by atoms with Gasteiger partial charge in [-0.15, -0.1) is 0 Å². The number of amides is 1. The highest BCUT2D eigenvalue weighted by Crippen LogP contribution is 2.21. The second-order valence-electron chi connectivity index (χ2n) is 5.43. The van der Waals surface area contributed by atoms with E-state index in [2.05, 4.69) is 10.3 Å². The maximum absolute atomic E-state index is 11.9. The summed E-state index contributed by atoms with van der Waals surface area (Å²) in [7, 11) is 1.63. The quantitative estimate of drug-likeness (QED) is 0.810. The highest BCUT2D eigenvalue weighted by molar-refractivity contribution is 5.78. The fourth-order valence-electron chi connectivity index (χ4n) is 2.41. The number of carbonyl (C=O) groups excluding carboxylic acids is 1. The van der Waals surface area contributed by atoms with Crippen LogP contribution >= 0.6 is 0 Å². The van der Waals surface area contributed by atoms with Crippen LogP contribution in [0.25, 0.3) is 11.5 Å². The van der Waals surface area contributed by atoms with Crippen LogP contribution in [-0.2, 0) is 11.2 Å². The van der Waals surface area contributed by atoms with Crippen molar-refractivity contribution in [3.05, 3.63) is 36.2 Å². The Bertz CT molecular complexity index is 615. The normalized spacial score (nSPS) is 10.8. The zero-order valence-electron chi connectivity index (χ0n) is 14.0. The Morgan fingerprint density at radius 1 is 1.26 bits per heavy atom. The van der Waals surface area contributed by atoms with E-state index in [-0.39, 0.29) is 11.8 Å². The topological polar surface area (TPSA) is 64.4 Å². The van der Waals surface area contributed by atoms with Gasteiger partial charge in [-0.05, 0) is 37.1 Å². The summed E-state index contributed by atoms with van der Waals surface area (Å²) < 4.78 is 10.6. The number of benzene rings is 1. The van der Waals surface area contributed by atoms with E-state index in [1.54, 1.807) is 13.4 Å². The Morgan fingerprint density at radius 3 is 2.57 bits per heavy atom. The number of oxazole rings is 1. The predicted molar refractivity (Wildman–Crippen MR) is 89.3 cm³/mol. The monoisotopic (exact) mass is 316 g/mol. The van der Waals surface area contributed by atoms with E-state index in [1.165, 1.54) is 0 Å². The number of rotatable bonds is 8. The van der Waals surface area contributed by atoms with Gasteiger partial charge in [0.25, 0.3) is 0 Å². The fraction of sp³-hybridized carbons (Fsp3) is 0.444. The van der Waals surface area contributed by atoms with Gasteiger partial charge in [-0.25, -0.2) is 4.98 Å². The highest BCUT2D eigenvalue weighted by atomic mass is 16.5. The number of aromatic nitrogens is 1. The molecule has 5 nitrogen and oxygen atoms in total. The maximum Gasteiger partial charge on any atom is 0.226 e. The minimum absolute atomic E-state index is 0.0992. The first-order chi connectivity index (χ1) is 11.2. The highest BCUT2D eigenvalue weighted by Gasteiger charge is 2.13. The minimum atomic E-state index is 0.0992. The molecular formula is C18H24N2O3. The van der Waals surface area contributed by atoms with Crippen LogP contribution in [0.2, 0.25) is 0 Å². The molecule has 0 aliphatic rings. The molecule has 1 aromatic heterocycles. The predicted octanol–water partition coefficient (Wildman–Crippen LogP) is 3.45. The van der Waals surface area contributed by atoms with Crippen LogP contribution in [0, 0.1) is 5.92 Å². The van der Waals surface area contributed by atoms with Gasteiger partial charge < -0.3 is 14.5 Å². The van der Waals surface area contributed by atoms with Crippen molar-refractivity contribution in [3.63, 3.8) is 0 Å². The summed E-state index contributed by atoms with van der Waals surface area (Å²) in [5.41, 5.74) is 1.73. The van der Waals surface area contributed by atoms with Gasteiger partial charge >= 0.3 is 0 Å². The van der Waals surface area contributed by atoms with E-state index in [4.69, 9.17) is 9.15 Å². The van der Waals surface area contributed by atoms with Gasteiger partial charge in [-0.3, -0.25) is 4.79 Å². The van der Waals surface area contributed by atoms with E-state index in [0.717, 1.165) is 29.8 Å². The number of ether oxygens (including phenoxy) is 1. The first kappa shape index (κ1) is 17.1. The molecule has 0 saturated heterocycles. The van der Waals surface area contributed by atoms with E-state index in [1.807, 2.05) is 38.1 Å². The average molecular weight is 316 g/mol. The molecule has 0 aliphatic carbocycles. The second kappa shape index (κ2) is 8.36. The summed E-state index contributed by atoms with van der Waals surface area (Å²) in [4.78, 5) is 16.4. The smallest absolute Gasteiger partial charge is 0.226 e. The van der Waals surface area contributed by atoms with Crippen molar-refractivity contribution in [3.8, 4) is 17.2 Å². The zero-order chi connectivity index (χ0) is 16.7. The number of nitrogens with zero attached hydrogens (tertiary/aromatic N) is 1. The molecule has 1 aromatic carbocycles. The van der Waals surface area contributed by atoms with Gasteiger partial charge in [0.15, 0.2) is 0 Å². The third-order valence-electron chi connectivity index (χ3n) is 3.93. The van der Waals surface area contributed by atoms with Gasteiger partial charge in [0.05, 0.1) is 12.8 Å². The molecule has 0 spiro atoms. The zero-order valence-corrected chi connectivity index (χ0v) is 14.0. The Kier molecular flexibility index (Phi) is 6.20. The Morgan fingerprint density at radius 2 is 1.96 bits per heavy atom. The molecule has 124 valence electrons. The van der Waals surface area contributed by atoms with Gasteiger partial charge in [0.1, 0.15) is 12.0 Å². The van der Waals surface area contributed by atoms with E-state index >= 15 is 0 Å². The molecule has 0 saturated carbocycles. The average Bonchev–Trinajstić information content (AvgIpc) is 3.05. The number of hydrogen-bond donors (Lipinski definition) is 1. The van der Waals surface area contributed by atoms with Crippen molar-refractivity contribution < 1.29 is 13.9 Å². The molecule has 0 fully saturated rings. The van der Waals surface area contributed by atoms with E-state index < -0.39 is 0 Å². The van der Waals surface area contributed by atoms with Gasteiger partial charge in [-0.2, -0.15) is 0 Å². The van der Waals surface area contributed by atoms with Crippen molar-refractivity contribution >= 4 is 5.91 Å². The second-order valence-corrected chi connectivity index (χ2v) is 5.43. The van der Waals surface area contributed by atoms with Crippen molar-refractivity contribution in [1.29, 1.82) is 0 Å². The molecule has 0 unspecified atom stereocenters. The molecule has 1 N–H and O–H groups in total. The lowest BCUT2D eigenvalue weighted by Gasteiger charge is -2.11. The number of carbonyl (C=O) groups is 1. The Hall–Kier alpha value is -2.30. The lowest BCUT2D eigenvalue weighted by molar-refractivity contribution is -0.125. The SMILES string of the molecule is CCC(CC)C(=O)NCCc1coc(-c2ccc(OC)cc2)n1. The fourth-order valence-corrected chi connectivity index (χ4v) is 2.41. The van der Waals surface area contributed by atoms with Crippen LogP contribution < -0.4 is 10.1 Å². The van der Waals surface area contributed by atoms with Crippen LogP contribution in [0.1, 0.15) is 32.4 Å². The standard InChI is InChI=1S/C18H24N2O3/c1-4-13(5-2)17(21)19-11-10-15-12-23-18(20-15)14-6-8-16(22-3)9-7-14/h6-9,12-13H,4-5,10-11H2,1-3H3,(H,19,21). The van der Waals surface area contributed by atoms with Crippen molar-refractivity contribution in [2.75, 3.05) is 13.7 Å². The third kappa shape index (κ3) is 4.58. The largest absolute Gasteiger partial charge is 0.497 e. The summed E-state index contributed by atoms with van der Waals surface area (Å²) >= 11 is 0. The summed E-state index contributed by atoms with van der Waals surface area (Å²) in [6.45, 7) is 4.64. The van der Waals surface area contributed by atoms with Gasteiger partial charge in [0, 0.05) is 24.4 Å². The maximum atomic E-state index is 11.9. The van der Waals surface area contributed by atoms with Crippen LogP contribution in [0.5, 0.6) is 5.75 Å². The van der Waals surface area contributed by atoms with Crippen LogP contribution in [0.4, 0.5) is 0 Å². The van der Waals surface area contributed by atoms with Crippen LogP contribution in [-0.4, -0.2) is 24.5 Å². The van der Waals surface area contributed by atoms with E-state index in [0.29, 0.717) is 18.9 Å². The lowest BCUT2D eigenvalue weighted by Crippen LogP contribution is -2.31. The summed E-state index contributed by atoms with van der Waals surface area (Å²) in [6.07, 6.45) is 4.04. The first-order valence-electron chi connectivity index (χ1n) is 8.04. The first-order valence-corrected chi connectivity index (χ1v) is 8.04. The molecule has 0 bridgehead atoms. The molecule has 0 aliphatic heterocycles. The molecule has 2 rings (SSSR count). The molecule has 23 heavy (non-hydrogen) atoms. The Labute approximate surface area is 137 Å². The molecule has 2 aromatic rings. The summed E-state index contributed by atoms with van der Waals surface area (Å²) in [6, 6.07) is 7.55. The number of nitrogens with one attached hydrogen (secondary N) is 1.